The van der Waals surface area contributed by atoms with Crippen LogP contribution in [0.3, 0.4) is 0 Å². The maximum Gasteiger partial charge on any atom is 0.269 e. The summed E-state index contributed by atoms with van der Waals surface area (Å²) in [7, 11) is 0. The molecule has 7 heteroatoms. The first-order chi connectivity index (χ1) is 9.56. The number of amides is 1. The van der Waals surface area contributed by atoms with Gasteiger partial charge in [0.15, 0.2) is 0 Å². The zero-order chi connectivity index (χ0) is 14.5. The molecule has 1 amide bonds. The number of halogens is 1. The van der Waals surface area contributed by atoms with Crippen LogP contribution in [-0.2, 0) is 11.2 Å². The standard InChI is InChI=1S/C14H19N3O3.ClH/c15-12-6-8-16(9-7-12)14(18)5-4-11-2-1-3-13(10-11)17(19)20;/h1-3,10,12H,4-9,15H2;1H. The molecule has 0 bridgehead atoms. The summed E-state index contributed by atoms with van der Waals surface area (Å²) in [5.41, 5.74) is 6.69. The number of hydrogen-bond donors (Lipinski definition) is 1. The Kier molecular flexibility index (Phi) is 6.58. The van der Waals surface area contributed by atoms with Gasteiger partial charge in [-0.05, 0) is 24.8 Å². The highest BCUT2D eigenvalue weighted by atomic mass is 35.5. The van der Waals surface area contributed by atoms with Crippen molar-refractivity contribution in [2.75, 3.05) is 13.1 Å². The van der Waals surface area contributed by atoms with Gasteiger partial charge in [0.25, 0.3) is 5.69 Å². The van der Waals surface area contributed by atoms with E-state index in [1.807, 2.05) is 11.0 Å². The number of piperidine rings is 1. The third-order valence-electron chi connectivity index (χ3n) is 3.64. The van der Waals surface area contributed by atoms with Crippen molar-refractivity contribution in [3.05, 3.63) is 39.9 Å². The van der Waals surface area contributed by atoms with Crippen LogP contribution in [-0.4, -0.2) is 34.9 Å². The van der Waals surface area contributed by atoms with E-state index in [0.717, 1.165) is 31.5 Å². The fourth-order valence-corrected chi connectivity index (χ4v) is 2.38. The fourth-order valence-electron chi connectivity index (χ4n) is 2.38. The molecule has 2 N–H and O–H groups in total. The van der Waals surface area contributed by atoms with Crippen LogP contribution >= 0.6 is 12.4 Å². The quantitative estimate of drug-likeness (QED) is 0.679. The van der Waals surface area contributed by atoms with E-state index in [9.17, 15) is 14.9 Å². The lowest BCUT2D eigenvalue weighted by Gasteiger charge is -2.30. The van der Waals surface area contributed by atoms with Crippen LogP contribution < -0.4 is 5.73 Å². The topological polar surface area (TPSA) is 89.5 Å². The molecule has 0 radical (unpaired) electrons. The summed E-state index contributed by atoms with van der Waals surface area (Å²) >= 11 is 0. The van der Waals surface area contributed by atoms with Gasteiger partial charge in [-0.25, -0.2) is 0 Å². The number of nitrogens with zero attached hydrogens (tertiary/aromatic N) is 2. The summed E-state index contributed by atoms with van der Waals surface area (Å²) in [6.45, 7) is 1.43. The summed E-state index contributed by atoms with van der Waals surface area (Å²) < 4.78 is 0. The molecule has 0 spiro atoms. The van der Waals surface area contributed by atoms with Gasteiger partial charge in [-0.1, -0.05) is 12.1 Å². The monoisotopic (exact) mass is 313 g/mol. The van der Waals surface area contributed by atoms with E-state index in [2.05, 4.69) is 0 Å². The lowest BCUT2D eigenvalue weighted by molar-refractivity contribution is -0.384. The highest BCUT2D eigenvalue weighted by Gasteiger charge is 2.20. The fraction of sp³-hybridized carbons (Fsp3) is 0.500. The Morgan fingerprint density at radius 3 is 2.67 bits per heavy atom. The van der Waals surface area contributed by atoms with Gasteiger partial charge < -0.3 is 10.6 Å². The zero-order valence-corrected chi connectivity index (χ0v) is 12.6. The molecule has 0 unspecified atom stereocenters. The van der Waals surface area contributed by atoms with Crippen molar-refractivity contribution in [1.29, 1.82) is 0 Å². The van der Waals surface area contributed by atoms with E-state index in [-0.39, 0.29) is 30.0 Å². The maximum absolute atomic E-state index is 12.0. The zero-order valence-electron chi connectivity index (χ0n) is 11.7. The van der Waals surface area contributed by atoms with E-state index in [0.29, 0.717) is 12.8 Å². The molecule has 1 aliphatic rings. The molecule has 1 aromatic carbocycles. The third kappa shape index (κ3) is 4.99. The van der Waals surface area contributed by atoms with Crippen molar-refractivity contribution < 1.29 is 9.72 Å². The lowest BCUT2D eigenvalue weighted by Crippen LogP contribution is -2.42. The Balaban J connectivity index is 0.00000220. The second kappa shape index (κ2) is 7.95. The van der Waals surface area contributed by atoms with Crippen molar-refractivity contribution in [3.63, 3.8) is 0 Å². The van der Waals surface area contributed by atoms with Crippen molar-refractivity contribution in [2.45, 2.75) is 31.7 Å². The minimum Gasteiger partial charge on any atom is -0.343 e. The van der Waals surface area contributed by atoms with E-state index < -0.39 is 4.92 Å². The molecule has 0 aromatic heterocycles. The first kappa shape index (κ1) is 17.4. The van der Waals surface area contributed by atoms with Crippen molar-refractivity contribution in [3.8, 4) is 0 Å². The molecule has 116 valence electrons. The van der Waals surface area contributed by atoms with Gasteiger partial charge >= 0.3 is 0 Å². The van der Waals surface area contributed by atoms with E-state index in [4.69, 9.17) is 5.73 Å². The number of rotatable bonds is 4. The largest absolute Gasteiger partial charge is 0.343 e. The molecule has 0 aliphatic carbocycles. The molecule has 6 nitrogen and oxygen atoms in total. The van der Waals surface area contributed by atoms with Gasteiger partial charge in [-0.15, -0.1) is 12.4 Å². The highest BCUT2D eigenvalue weighted by Crippen LogP contribution is 2.16. The number of hydrogen-bond acceptors (Lipinski definition) is 4. The number of non-ortho nitro benzene ring substituents is 1. The van der Waals surface area contributed by atoms with Crippen molar-refractivity contribution in [2.24, 2.45) is 5.73 Å². The number of aryl methyl sites for hydroxylation is 1. The van der Waals surface area contributed by atoms with Crippen LogP contribution in [0.2, 0.25) is 0 Å². The van der Waals surface area contributed by atoms with E-state index >= 15 is 0 Å². The molecule has 1 saturated heterocycles. The average Bonchev–Trinajstić information content (AvgIpc) is 2.46. The van der Waals surface area contributed by atoms with Crippen LogP contribution in [0, 0.1) is 10.1 Å². The second-order valence-electron chi connectivity index (χ2n) is 5.15. The molecular formula is C14H20ClN3O3. The predicted molar refractivity (Wildman–Crippen MR) is 82.5 cm³/mol. The van der Waals surface area contributed by atoms with Crippen molar-refractivity contribution >= 4 is 24.0 Å². The van der Waals surface area contributed by atoms with Gasteiger partial charge in [0.05, 0.1) is 4.92 Å². The molecule has 2 rings (SSSR count). The average molecular weight is 314 g/mol. The Morgan fingerprint density at radius 1 is 1.38 bits per heavy atom. The predicted octanol–water partition coefficient (Wildman–Crippen LogP) is 1.90. The number of nitro benzene ring substituents is 1. The first-order valence-corrected chi connectivity index (χ1v) is 6.83. The molecule has 21 heavy (non-hydrogen) atoms. The van der Waals surface area contributed by atoms with Crippen LogP contribution in [0.15, 0.2) is 24.3 Å². The molecule has 0 atom stereocenters. The van der Waals surface area contributed by atoms with Crippen LogP contribution in [0.4, 0.5) is 5.69 Å². The Labute approximate surface area is 129 Å². The normalized spacial score (nSPS) is 15.4. The highest BCUT2D eigenvalue weighted by molar-refractivity contribution is 5.85. The van der Waals surface area contributed by atoms with Crippen LogP contribution in [0.5, 0.6) is 0 Å². The summed E-state index contributed by atoms with van der Waals surface area (Å²) in [4.78, 5) is 24.2. The lowest BCUT2D eigenvalue weighted by atomic mass is 10.0. The number of likely N-dealkylation sites (tertiary alicyclic amines) is 1. The second-order valence-corrected chi connectivity index (χ2v) is 5.15. The van der Waals surface area contributed by atoms with Gasteiger partial charge in [-0.2, -0.15) is 0 Å². The third-order valence-corrected chi connectivity index (χ3v) is 3.64. The van der Waals surface area contributed by atoms with Crippen LogP contribution in [0.1, 0.15) is 24.8 Å². The van der Waals surface area contributed by atoms with E-state index in [1.165, 1.54) is 12.1 Å². The summed E-state index contributed by atoms with van der Waals surface area (Å²) in [6.07, 6.45) is 2.62. The number of carbonyl (C=O) groups excluding carboxylic acids is 1. The molecule has 1 heterocycles. The molecule has 1 aliphatic heterocycles. The Hall–Kier alpha value is -1.66. The summed E-state index contributed by atoms with van der Waals surface area (Å²) in [5.74, 6) is 0.100. The minimum absolute atomic E-state index is 0. The number of carbonyl (C=O) groups is 1. The van der Waals surface area contributed by atoms with Gasteiger partial charge in [0.2, 0.25) is 5.91 Å². The Bertz CT molecular complexity index is 502. The molecular weight excluding hydrogens is 294 g/mol. The molecule has 0 saturated carbocycles. The van der Waals surface area contributed by atoms with Crippen molar-refractivity contribution in [1.82, 2.24) is 4.90 Å². The first-order valence-electron chi connectivity index (χ1n) is 6.83. The van der Waals surface area contributed by atoms with Crippen LogP contribution in [0.25, 0.3) is 0 Å². The summed E-state index contributed by atoms with van der Waals surface area (Å²) in [5, 5.41) is 10.7. The molecule has 1 fully saturated rings. The smallest absolute Gasteiger partial charge is 0.269 e. The van der Waals surface area contributed by atoms with Gasteiger partial charge in [0.1, 0.15) is 0 Å². The summed E-state index contributed by atoms with van der Waals surface area (Å²) in [6, 6.07) is 6.65. The van der Waals surface area contributed by atoms with Gasteiger partial charge in [0, 0.05) is 37.7 Å². The SMILES string of the molecule is Cl.NC1CCN(C(=O)CCc2cccc([N+](=O)[O-])c2)CC1. The Morgan fingerprint density at radius 2 is 2.05 bits per heavy atom. The van der Waals surface area contributed by atoms with E-state index in [1.54, 1.807) is 6.07 Å². The maximum atomic E-state index is 12.0. The molecule has 1 aromatic rings. The minimum atomic E-state index is -0.419. The van der Waals surface area contributed by atoms with Gasteiger partial charge in [-0.3, -0.25) is 14.9 Å². The number of nitro groups is 1. The number of benzene rings is 1. The number of nitrogens with two attached hydrogens (primary N) is 1.